The third-order valence-electron chi connectivity index (χ3n) is 1.03. The lowest BCUT2D eigenvalue weighted by atomic mass is 10.3. The highest BCUT2D eigenvalue weighted by Gasteiger charge is 1.93. The highest BCUT2D eigenvalue weighted by Crippen LogP contribution is 1.99. The van der Waals surface area contributed by atoms with Gasteiger partial charge < -0.3 is 0 Å². The van der Waals surface area contributed by atoms with Crippen molar-refractivity contribution in [1.82, 2.24) is 0 Å². The van der Waals surface area contributed by atoms with Gasteiger partial charge in [0, 0.05) is 27.4 Å². The zero-order chi connectivity index (χ0) is 6.41. The van der Waals surface area contributed by atoms with E-state index < -0.39 is 0 Å². The number of hydrogen-bond acceptors (Lipinski definition) is 0. The van der Waals surface area contributed by atoms with Gasteiger partial charge in [-0.3, -0.25) is 0 Å². The van der Waals surface area contributed by atoms with Crippen LogP contribution in [0.5, 0.6) is 0 Å². The minimum atomic E-state index is -0.296. The average molecular weight is 155 g/mol. The van der Waals surface area contributed by atoms with Crippen LogP contribution in [0.15, 0.2) is 0 Å². The molecule has 8 heavy (non-hydrogen) atoms. The van der Waals surface area contributed by atoms with E-state index >= 15 is 0 Å². The molecular weight excluding hydrogens is 144 g/mol. The van der Waals surface area contributed by atoms with Crippen molar-refractivity contribution in [2.75, 3.05) is 0 Å². The second-order valence-corrected chi connectivity index (χ2v) is 8.51. The molecule has 0 spiro atoms. The minimum absolute atomic E-state index is 0.296. The first-order chi connectivity index (χ1) is 3.77. The van der Waals surface area contributed by atoms with E-state index in [2.05, 4.69) is 26.4 Å². The topological polar surface area (TPSA) is 0 Å². The van der Waals surface area contributed by atoms with Crippen molar-refractivity contribution in [3.05, 3.63) is 0 Å². The van der Waals surface area contributed by atoms with Gasteiger partial charge in [-0.15, -0.1) is 0 Å². The van der Waals surface area contributed by atoms with Gasteiger partial charge in [-0.05, 0) is 0 Å². The van der Waals surface area contributed by atoms with Crippen molar-refractivity contribution in [3.8, 4) is 0 Å². The highest BCUT2D eigenvalue weighted by atomic mass is 29.5. The normalized spacial score (nSPS) is 10.5. The summed E-state index contributed by atoms with van der Waals surface area (Å²) in [6.07, 6.45) is 4.08. The Kier molecular flexibility index (Phi) is 6.25. The summed E-state index contributed by atoms with van der Waals surface area (Å²) in [6, 6.07) is 1.34. The zero-order valence-electron chi connectivity index (χ0n) is 5.33. The Hall–Kier alpha value is 0.651. The van der Waals surface area contributed by atoms with Crippen molar-refractivity contribution in [2.24, 2.45) is 0 Å². The number of rotatable bonds is 4. The monoisotopic (exact) mass is 155 g/mol. The maximum absolute atomic E-state index is 3.57. The molecule has 0 heterocycles. The molecule has 0 saturated carbocycles. The molecule has 0 N–H and O–H groups in total. The molecule has 0 amide bonds. The smallest absolute Gasteiger partial charge is 0.0144 e. The SMILES string of the molecule is CCCCC[Si]([Si])[Si]. The third-order valence-corrected chi connectivity index (χ3v) is 3.38. The summed E-state index contributed by atoms with van der Waals surface area (Å²) in [6.45, 7) is 2.23. The predicted octanol–water partition coefficient (Wildman–Crippen LogP) is 1.00. The van der Waals surface area contributed by atoms with Gasteiger partial charge in [-0.2, -0.15) is 0 Å². The molecule has 0 aliphatic rings. The lowest BCUT2D eigenvalue weighted by Crippen LogP contribution is -2.11. The van der Waals surface area contributed by atoms with Gasteiger partial charge in [0.1, 0.15) is 0 Å². The zero-order valence-corrected chi connectivity index (χ0v) is 8.33. The maximum atomic E-state index is 3.57. The highest BCUT2D eigenvalue weighted by molar-refractivity contribution is 7.29. The second-order valence-electron chi connectivity index (χ2n) is 1.94. The fourth-order valence-electron chi connectivity index (χ4n) is 0.552. The summed E-state index contributed by atoms with van der Waals surface area (Å²) >= 11 is 0. The van der Waals surface area contributed by atoms with Crippen LogP contribution in [0, 0.1) is 0 Å². The summed E-state index contributed by atoms with van der Waals surface area (Å²) < 4.78 is 0. The van der Waals surface area contributed by atoms with Crippen LogP contribution in [0.25, 0.3) is 0 Å². The van der Waals surface area contributed by atoms with Gasteiger partial charge in [0.25, 0.3) is 0 Å². The van der Waals surface area contributed by atoms with E-state index in [1.165, 1.54) is 25.3 Å². The molecule has 0 aromatic rings. The molecule has 0 rings (SSSR count). The van der Waals surface area contributed by atoms with Crippen LogP contribution < -0.4 is 0 Å². The molecule has 0 fully saturated rings. The molecule has 0 saturated heterocycles. The Labute approximate surface area is 60.1 Å². The van der Waals surface area contributed by atoms with Crippen molar-refractivity contribution in [1.29, 1.82) is 0 Å². The van der Waals surface area contributed by atoms with Gasteiger partial charge in [0.05, 0.1) is 0 Å². The lowest BCUT2D eigenvalue weighted by Gasteiger charge is -1.98. The molecule has 0 aromatic heterocycles. The summed E-state index contributed by atoms with van der Waals surface area (Å²) in [5.41, 5.74) is 0. The van der Waals surface area contributed by atoms with Crippen LogP contribution in [0.1, 0.15) is 26.2 Å². The Morgan fingerprint density at radius 1 is 1.25 bits per heavy atom. The number of unbranched alkanes of at least 4 members (excludes halogenated alkanes) is 2. The van der Waals surface area contributed by atoms with E-state index in [0.717, 1.165) is 0 Å². The summed E-state index contributed by atoms with van der Waals surface area (Å²) in [5, 5.41) is 0. The molecule has 3 heteroatoms. The van der Waals surface area contributed by atoms with Crippen molar-refractivity contribution in [3.63, 3.8) is 0 Å². The van der Waals surface area contributed by atoms with Gasteiger partial charge in [0.2, 0.25) is 0 Å². The van der Waals surface area contributed by atoms with Crippen LogP contribution >= 0.6 is 0 Å². The summed E-state index contributed by atoms with van der Waals surface area (Å²) in [7, 11) is 6.83. The first-order valence-corrected chi connectivity index (χ1v) is 7.77. The molecule has 0 aliphatic carbocycles. The molecule has 0 aliphatic heterocycles. The van der Waals surface area contributed by atoms with E-state index in [9.17, 15) is 0 Å². The Morgan fingerprint density at radius 3 is 2.25 bits per heavy atom. The van der Waals surface area contributed by atoms with E-state index in [0.29, 0.717) is 0 Å². The first-order valence-electron chi connectivity index (χ1n) is 3.06. The van der Waals surface area contributed by atoms with Gasteiger partial charge >= 0.3 is 0 Å². The Balaban J connectivity index is 2.72. The molecular formula is C5H11Si3. The molecule has 0 nitrogen and oxygen atoms in total. The van der Waals surface area contributed by atoms with Crippen LogP contribution in [0.3, 0.4) is 0 Å². The average Bonchev–Trinajstić information content (AvgIpc) is 1.66. The van der Waals surface area contributed by atoms with E-state index in [1.807, 2.05) is 0 Å². The largest absolute Gasteiger partial charge is 0.0654 e. The molecule has 0 unspecified atom stereocenters. The fourth-order valence-corrected chi connectivity index (χ4v) is 2.22. The summed E-state index contributed by atoms with van der Waals surface area (Å²) in [5.74, 6) is 0. The first kappa shape index (κ1) is 8.65. The second kappa shape index (κ2) is 5.78. The van der Waals surface area contributed by atoms with E-state index in [1.54, 1.807) is 0 Å². The Morgan fingerprint density at radius 2 is 1.88 bits per heavy atom. The lowest BCUT2D eigenvalue weighted by molar-refractivity contribution is 0.769. The molecule has 43 valence electrons. The van der Waals surface area contributed by atoms with Crippen molar-refractivity contribution >= 4 is 27.4 Å². The summed E-state index contributed by atoms with van der Waals surface area (Å²) in [4.78, 5) is 0. The van der Waals surface area contributed by atoms with Crippen molar-refractivity contribution in [2.45, 2.75) is 32.2 Å². The fraction of sp³-hybridized carbons (Fsp3) is 1.00. The Bertz CT molecular complexity index is 44.9. The van der Waals surface area contributed by atoms with Crippen LogP contribution in [-0.4, -0.2) is 27.4 Å². The van der Waals surface area contributed by atoms with Gasteiger partial charge in [-0.25, -0.2) is 0 Å². The third kappa shape index (κ3) is 6.65. The molecule has 0 atom stereocenters. The quantitative estimate of drug-likeness (QED) is 0.420. The van der Waals surface area contributed by atoms with Crippen LogP contribution in [0.4, 0.5) is 0 Å². The maximum Gasteiger partial charge on any atom is 0.0144 e. The standard InChI is InChI=1S/C5H11Si3/c1-2-3-4-5-8(6)7/h2-5H2,1H3. The molecule has 0 aromatic carbocycles. The molecule has 7 radical (unpaired) electrons. The van der Waals surface area contributed by atoms with Gasteiger partial charge in [0.15, 0.2) is 0 Å². The number of hydrogen-bond donors (Lipinski definition) is 0. The van der Waals surface area contributed by atoms with Crippen LogP contribution in [0.2, 0.25) is 6.04 Å². The molecule has 0 bridgehead atoms. The van der Waals surface area contributed by atoms with Gasteiger partial charge in [-0.1, -0.05) is 32.2 Å². The van der Waals surface area contributed by atoms with Crippen LogP contribution in [-0.2, 0) is 0 Å². The predicted molar refractivity (Wildman–Crippen MR) is 41.6 cm³/mol. The van der Waals surface area contributed by atoms with E-state index in [4.69, 9.17) is 0 Å². The van der Waals surface area contributed by atoms with E-state index in [-0.39, 0.29) is 7.83 Å². The minimum Gasteiger partial charge on any atom is -0.0654 e. The van der Waals surface area contributed by atoms with Crippen molar-refractivity contribution < 1.29 is 0 Å².